The van der Waals surface area contributed by atoms with Crippen LogP contribution in [0, 0.1) is 6.92 Å². The van der Waals surface area contributed by atoms with Gasteiger partial charge in [0, 0.05) is 10.7 Å². The number of benzene rings is 1. The summed E-state index contributed by atoms with van der Waals surface area (Å²) in [6, 6.07) is 7.20. The molecule has 136 valence electrons. The number of anilines is 1. The number of carbonyl (C=O) groups is 1. The average Bonchev–Trinajstić information content (AvgIpc) is 3.06. The zero-order chi connectivity index (χ0) is 18.7. The minimum Gasteiger partial charge on any atom is -0.325 e. The van der Waals surface area contributed by atoms with Gasteiger partial charge in [0.1, 0.15) is 10.5 Å². The Hall–Kier alpha value is -2.22. The van der Waals surface area contributed by atoms with Crippen LogP contribution in [0.2, 0.25) is 5.02 Å². The molecule has 0 radical (unpaired) electrons. The molecule has 0 spiro atoms. The summed E-state index contributed by atoms with van der Waals surface area (Å²) in [4.78, 5) is 33.6. The normalized spacial score (nSPS) is 11.2. The maximum Gasteiger partial charge on any atom is 0.268 e. The first-order valence-electron chi connectivity index (χ1n) is 8.21. The van der Waals surface area contributed by atoms with E-state index in [1.54, 1.807) is 12.1 Å². The molecule has 1 aromatic carbocycles. The van der Waals surface area contributed by atoms with Gasteiger partial charge in [-0.15, -0.1) is 11.3 Å². The SMILES string of the molecule is CCN(CC(=O)Nc1cc(Cl)ccc1C)Cc1nc2ccsc2c(=O)[nH]1. The Kier molecular flexibility index (Phi) is 5.70. The summed E-state index contributed by atoms with van der Waals surface area (Å²) >= 11 is 7.36. The fourth-order valence-electron chi connectivity index (χ4n) is 2.61. The molecule has 3 aromatic rings. The number of hydrogen-bond donors (Lipinski definition) is 2. The Bertz CT molecular complexity index is 998. The monoisotopic (exact) mass is 390 g/mol. The van der Waals surface area contributed by atoms with E-state index in [1.807, 2.05) is 36.3 Å². The number of thiophene rings is 1. The number of amides is 1. The molecular formula is C18H19ClN4O2S. The minimum absolute atomic E-state index is 0.142. The number of H-pyrrole nitrogens is 1. The molecule has 0 saturated heterocycles. The second kappa shape index (κ2) is 7.99. The predicted octanol–water partition coefficient (Wildman–Crippen LogP) is 3.41. The lowest BCUT2D eigenvalue weighted by Crippen LogP contribution is -2.34. The largest absolute Gasteiger partial charge is 0.325 e. The molecule has 2 N–H and O–H groups in total. The number of carbonyl (C=O) groups excluding carboxylic acids is 1. The van der Waals surface area contributed by atoms with Crippen molar-refractivity contribution in [2.45, 2.75) is 20.4 Å². The van der Waals surface area contributed by atoms with Crippen molar-refractivity contribution < 1.29 is 4.79 Å². The number of nitrogens with one attached hydrogen (secondary N) is 2. The minimum atomic E-state index is -0.143. The van der Waals surface area contributed by atoms with Gasteiger partial charge >= 0.3 is 0 Å². The van der Waals surface area contributed by atoms with Crippen molar-refractivity contribution in [1.82, 2.24) is 14.9 Å². The second-order valence-corrected chi connectivity index (χ2v) is 7.31. The highest BCUT2D eigenvalue weighted by Crippen LogP contribution is 2.20. The van der Waals surface area contributed by atoms with E-state index in [9.17, 15) is 9.59 Å². The zero-order valence-electron chi connectivity index (χ0n) is 14.5. The standard InChI is InChI=1S/C18H19ClN4O2S/c1-3-23(9-15-20-13-6-7-26-17(13)18(25)22-15)10-16(24)21-14-8-12(19)5-4-11(14)2/h4-8H,3,9-10H2,1-2H3,(H,21,24)(H,20,22,25). The van der Waals surface area contributed by atoms with Crippen molar-refractivity contribution in [3.63, 3.8) is 0 Å². The maximum atomic E-state index is 12.4. The third-order valence-electron chi connectivity index (χ3n) is 4.03. The van der Waals surface area contributed by atoms with Crippen LogP contribution in [-0.2, 0) is 11.3 Å². The van der Waals surface area contributed by atoms with Crippen LogP contribution in [0.1, 0.15) is 18.3 Å². The van der Waals surface area contributed by atoms with Crippen molar-refractivity contribution in [2.75, 3.05) is 18.4 Å². The molecule has 0 aliphatic rings. The Balaban J connectivity index is 1.69. The topological polar surface area (TPSA) is 78.1 Å². The summed E-state index contributed by atoms with van der Waals surface area (Å²) < 4.78 is 0.617. The lowest BCUT2D eigenvalue weighted by molar-refractivity contribution is -0.117. The number of fused-ring (bicyclic) bond motifs is 1. The molecule has 3 rings (SSSR count). The molecule has 2 aromatic heterocycles. The van der Waals surface area contributed by atoms with Gasteiger partial charge in [-0.25, -0.2) is 4.98 Å². The van der Waals surface area contributed by atoms with Gasteiger partial charge in [-0.2, -0.15) is 0 Å². The number of aromatic nitrogens is 2. The van der Waals surface area contributed by atoms with Gasteiger partial charge in [0.25, 0.3) is 5.56 Å². The molecular weight excluding hydrogens is 372 g/mol. The predicted molar refractivity (Wildman–Crippen MR) is 106 cm³/mol. The number of aryl methyl sites for hydroxylation is 1. The number of rotatable bonds is 6. The number of nitrogens with zero attached hydrogens (tertiary/aromatic N) is 2. The first-order chi connectivity index (χ1) is 12.5. The third-order valence-corrected chi connectivity index (χ3v) is 5.16. The highest BCUT2D eigenvalue weighted by molar-refractivity contribution is 7.17. The first kappa shape index (κ1) is 18.6. The van der Waals surface area contributed by atoms with Crippen LogP contribution in [0.4, 0.5) is 5.69 Å². The van der Waals surface area contributed by atoms with Crippen molar-refractivity contribution >= 4 is 44.7 Å². The number of aromatic amines is 1. The van der Waals surface area contributed by atoms with Gasteiger partial charge in [0.15, 0.2) is 0 Å². The summed E-state index contributed by atoms with van der Waals surface area (Å²) in [6.45, 7) is 5.09. The van der Waals surface area contributed by atoms with Crippen LogP contribution in [-0.4, -0.2) is 33.9 Å². The summed E-state index contributed by atoms with van der Waals surface area (Å²) in [5.74, 6) is 0.408. The van der Waals surface area contributed by atoms with E-state index in [4.69, 9.17) is 11.6 Å². The van der Waals surface area contributed by atoms with E-state index < -0.39 is 0 Å². The molecule has 0 fully saturated rings. The molecule has 6 nitrogen and oxygen atoms in total. The molecule has 0 saturated carbocycles. The molecule has 26 heavy (non-hydrogen) atoms. The van der Waals surface area contributed by atoms with Gasteiger partial charge in [-0.3, -0.25) is 14.5 Å². The molecule has 0 unspecified atom stereocenters. The van der Waals surface area contributed by atoms with Crippen LogP contribution in [0.15, 0.2) is 34.4 Å². The lowest BCUT2D eigenvalue weighted by atomic mass is 10.2. The lowest BCUT2D eigenvalue weighted by Gasteiger charge is -2.19. The quantitative estimate of drug-likeness (QED) is 0.676. The molecule has 2 heterocycles. The van der Waals surface area contributed by atoms with Crippen LogP contribution >= 0.6 is 22.9 Å². The van der Waals surface area contributed by atoms with Gasteiger partial charge in [-0.1, -0.05) is 24.6 Å². The van der Waals surface area contributed by atoms with E-state index in [0.717, 1.165) is 5.56 Å². The Labute approximate surface area is 159 Å². The van der Waals surface area contributed by atoms with E-state index in [2.05, 4.69) is 15.3 Å². The average molecular weight is 391 g/mol. The van der Waals surface area contributed by atoms with Crippen molar-refractivity contribution in [2.24, 2.45) is 0 Å². The highest BCUT2D eigenvalue weighted by atomic mass is 35.5. The van der Waals surface area contributed by atoms with E-state index in [-0.39, 0.29) is 18.0 Å². The number of halogens is 1. The molecule has 0 aliphatic heterocycles. The Morgan fingerprint density at radius 3 is 2.96 bits per heavy atom. The van der Waals surface area contributed by atoms with Gasteiger partial charge in [-0.05, 0) is 42.6 Å². The molecule has 8 heteroatoms. The summed E-state index contributed by atoms with van der Waals surface area (Å²) in [6.07, 6.45) is 0. The number of likely N-dealkylation sites (N-methyl/N-ethyl adjacent to an activating group) is 1. The summed E-state index contributed by atoms with van der Waals surface area (Å²) in [5, 5.41) is 5.30. The summed E-state index contributed by atoms with van der Waals surface area (Å²) in [5.41, 5.74) is 2.18. The van der Waals surface area contributed by atoms with E-state index >= 15 is 0 Å². The fraction of sp³-hybridized carbons (Fsp3) is 0.278. The van der Waals surface area contributed by atoms with Crippen LogP contribution < -0.4 is 10.9 Å². The first-order valence-corrected chi connectivity index (χ1v) is 9.46. The van der Waals surface area contributed by atoms with Gasteiger partial charge in [0.2, 0.25) is 5.91 Å². The maximum absolute atomic E-state index is 12.4. The summed E-state index contributed by atoms with van der Waals surface area (Å²) in [7, 11) is 0. The van der Waals surface area contributed by atoms with Crippen molar-refractivity contribution in [3.05, 3.63) is 56.4 Å². The highest BCUT2D eigenvalue weighted by Gasteiger charge is 2.13. The smallest absolute Gasteiger partial charge is 0.268 e. The van der Waals surface area contributed by atoms with Gasteiger partial charge < -0.3 is 10.3 Å². The fourth-order valence-corrected chi connectivity index (χ4v) is 3.51. The molecule has 0 atom stereocenters. The second-order valence-electron chi connectivity index (χ2n) is 5.96. The Morgan fingerprint density at radius 2 is 2.19 bits per heavy atom. The molecule has 0 bridgehead atoms. The molecule has 0 aliphatic carbocycles. The van der Waals surface area contributed by atoms with E-state index in [1.165, 1.54) is 11.3 Å². The van der Waals surface area contributed by atoms with Crippen LogP contribution in [0.5, 0.6) is 0 Å². The number of hydrogen-bond acceptors (Lipinski definition) is 5. The van der Waals surface area contributed by atoms with Gasteiger partial charge in [0.05, 0.1) is 18.6 Å². The Morgan fingerprint density at radius 1 is 1.38 bits per heavy atom. The zero-order valence-corrected chi connectivity index (χ0v) is 16.1. The molecule has 1 amide bonds. The third kappa shape index (κ3) is 4.30. The van der Waals surface area contributed by atoms with Crippen molar-refractivity contribution in [3.8, 4) is 0 Å². The van der Waals surface area contributed by atoms with E-state index in [0.29, 0.717) is 39.8 Å². The van der Waals surface area contributed by atoms with Crippen LogP contribution in [0.25, 0.3) is 10.2 Å². The van der Waals surface area contributed by atoms with Crippen molar-refractivity contribution in [1.29, 1.82) is 0 Å². The van der Waals surface area contributed by atoms with Crippen LogP contribution in [0.3, 0.4) is 0 Å².